The standard InChI is InChI=1S/C6H5.Mg.H/c1-2-4-6-5-3-1;;/h1-5H;;/q;+1;-1. The van der Waals surface area contributed by atoms with Gasteiger partial charge in [-0.3, -0.25) is 0 Å². The van der Waals surface area contributed by atoms with Crippen molar-refractivity contribution in [3.8, 4) is 0 Å². The molecule has 0 amide bonds. The fourth-order valence-corrected chi connectivity index (χ4v) is 0.750. The SMILES string of the molecule is [H-].[Mg+][c]1ccccc1. The van der Waals surface area contributed by atoms with Crippen LogP contribution in [0.5, 0.6) is 0 Å². The first-order chi connectivity index (χ1) is 3.39. The van der Waals surface area contributed by atoms with Crippen LogP contribution in [-0.2, 0) is 0 Å². The third-order valence-electron chi connectivity index (χ3n) is 0.843. The normalized spacial score (nSPS) is 8.86. The first-order valence-electron chi connectivity index (χ1n) is 2.26. The van der Waals surface area contributed by atoms with E-state index in [1.165, 1.54) is 3.69 Å². The molecule has 1 aromatic rings. The fourth-order valence-electron chi connectivity index (χ4n) is 0.478. The van der Waals surface area contributed by atoms with Gasteiger partial charge < -0.3 is 1.43 Å². The second kappa shape index (κ2) is 2.33. The van der Waals surface area contributed by atoms with Gasteiger partial charge in [-0.15, -0.1) is 0 Å². The van der Waals surface area contributed by atoms with Crippen LogP contribution in [0.4, 0.5) is 0 Å². The van der Waals surface area contributed by atoms with Gasteiger partial charge in [-0.2, -0.15) is 0 Å². The number of hydrogen-bond acceptors (Lipinski definition) is 0. The van der Waals surface area contributed by atoms with Gasteiger partial charge in [0.05, 0.1) is 0 Å². The first-order valence-corrected chi connectivity index (χ1v) is 2.97. The zero-order valence-corrected chi connectivity index (χ0v) is 5.51. The summed E-state index contributed by atoms with van der Waals surface area (Å²) in [4.78, 5) is 0. The van der Waals surface area contributed by atoms with Crippen LogP contribution in [0.1, 0.15) is 1.43 Å². The van der Waals surface area contributed by atoms with Crippen molar-refractivity contribution in [2.45, 2.75) is 0 Å². The summed E-state index contributed by atoms with van der Waals surface area (Å²) in [5.74, 6) is 0. The summed E-state index contributed by atoms with van der Waals surface area (Å²) in [6.07, 6.45) is 0. The molecule has 0 aliphatic heterocycles. The van der Waals surface area contributed by atoms with Crippen molar-refractivity contribution in [1.29, 1.82) is 0 Å². The molecule has 0 saturated carbocycles. The first kappa shape index (κ1) is 5.13. The van der Waals surface area contributed by atoms with E-state index < -0.39 is 0 Å². The van der Waals surface area contributed by atoms with E-state index in [4.69, 9.17) is 0 Å². The van der Waals surface area contributed by atoms with Crippen molar-refractivity contribution < 1.29 is 1.43 Å². The van der Waals surface area contributed by atoms with Gasteiger partial charge >= 0.3 is 55.7 Å². The van der Waals surface area contributed by atoms with Gasteiger partial charge in [0, 0.05) is 0 Å². The van der Waals surface area contributed by atoms with E-state index in [0.717, 1.165) is 0 Å². The number of benzene rings is 1. The molecule has 32 valence electrons. The van der Waals surface area contributed by atoms with Crippen LogP contribution in [0, 0.1) is 0 Å². The van der Waals surface area contributed by atoms with E-state index >= 15 is 0 Å². The summed E-state index contributed by atoms with van der Waals surface area (Å²) in [5, 5.41) is 0. The second-order valence-electron chi connectivity index (χ2n) is 1.49. The zero-order chi connectivity index (χ0) is 5.11. The van der Waals surface area contributed by atoms with Crippen LogP contribution in [-0.4, -0.2) is 21.7 Å². The molecule has 0 aromatic heterocycles. The topological polar surface area (TPSA) is 0 Å². The summed E-state index contributed by atoms with van der Waals surface area (Å²) in [6.45, 7) is 0. The third-order valence-corrected chi connectivity index (χ3v) is 1.31. The van der Waals surface area contributed by atoms with E-state index in [-0.39, 0.29) is 1.43 Å². The van der Waals surface area contributed by atoms with Crippen molar-refractivity contribution in [2.75, 3.05) is 0 Å². The maximum atomic E-state index is 2.10. The number of rotatable bonds is 0. The maximum absolute atomic E-state index is 2.10. The van der Waals surface area contributed by atoms with Crippen LogP contribution < -0.4 is 3.69 Å². The summed E-state index contributed by atoms with van der Waals surface area (Å²) < 4.78 is 1.35. The summed E-state index contributed by atoms with van der Waals surface area (Å²) in [6, 6.07) is 10.3. The molecule has 0 bridgehead atoms. The predicted octanol–water partition coefficient (Wildman–Crippen LogP) is 0.593. The minimum absolute atomic E-state index is 0. The Labute approximate surface area is 57.5 Å². The van der Waals surface area contributed by atoms with Crippen LogP contribution in [0.3, 0.4) is 0 Å². The van der Waals surface area contributed by atoms with Crippen LogP contribution in [0.25, 0.3) is 0 Å². The van der Waals surface area contributed by atoms with E-state index in [1.54, 1.807) is 0 Å². The van der Waals surface area contributed by atoms with E-state index in [0.29, 0.717) is 0 Å². The van der Waals surface area contributed by atoms with Gasteiger partial charge in [0.2, 0.25) is 0 Å². The Morgan fingerprint density at radius 2 is 1.71 bits per heavy atom. The summed E-state index contributed by atoms with van der Waals surface area (Å²) in [7, 11) is 0. The van der Waals surface area contributed by atoms with Gasteiger partial charge in [-0.25, -0.2) is 0 Å². The van der Waals surface area contributed by atoms with E-state index in [1.807, 2.05) is 39.9 Å². The Bertz CT molecular complexity index is 138. The average Bonchev–Trinajstić information content (AvgIpc) is 1.69. The van der Waals surface area contributed by atoms with Crippen molar-refractivity contribution >= 4 is 25.4 Å². The Hall–Kier alpha value is -0.0138. The average molecular weight is 102 g/mol. The van der Waals surface area contributed by atoms with Crippen molar-refractivity contribution in [3.63, 3.8) is 0 Å². The molecule has 0 spiro atoms. The van der Waals surface area contributed by atoms with Crippen LogP contribution in [0.15, 0.2) is 30.3 Å². The monoisotopic (exact) mass is 102 g/mol. The molecule has 1 heteroatoms. The zero-order valence-electron chi connectivity index (χ0n) is 5.09. The Balaban J connectivity index is 0.000000490. The van der Waals surface area contributed by atoms with Gasteiger partial charge in [0.15, 0.2) is 0 Å². The molecule has 0 fully saturated rings. The molecule has 1 aromatic carbocycles. The summed E-state index contributed by atoms with van der Waals surface area (Å²) in [5.41, 5.74) is 0. The Morgan fingerprint density at radius 3 is 2.00 bits per heavy atom. The Morgan fingerprint density at radius 1 is 1.14 bits per heavy atom. The molecule has 0 atom stereocenters. The quantitative estimate of drug-likeness (QED) is 0.421. The molecule has 0 saturated heterocycles. The molecule has 0 heterocycles. The molecule has 1 rings (SSSR count). The molecule has 7 heavy (non-hydrogen) atoms. The van der Waals surface area contributed by atoms with E-state index in [9.17, 15) is 0 Å². The minimum atomic E-state index is 0. The van der Waals surface area contributed by atoms with Gasteiger partial charge in [-0.05, 0) is 0 Å². The molecule has 0 unspecified atom stereocenters. The van der Waals surface area contributed by atoms with Crippen molar-refractivity contribution in [3.05, 3.63) is 30.3 Å². The van der Waals surface area contributed by atoms with Crippen molar-refractivity contribution in [2.24, 2.45) is 0 Å². The van der Waals surface area contributed by atoms with Gasteiger partial charge in [0.1, 0.15) is 0 Å². The molecule has 0 nitrogen and oxygen atoms in total. The van der Waals surface area contributed by atoms with Gasteiger partial charge in [0.25, 0.3) is 0 Å². The molecule has 0 aliphatic carbocycles. The molecular weight excluding hydrogens is 96.4 g/mol. The predicted molar refractivity (Wildman–Crippen MR) is 32.9 cm³/mol. The van der Waals surface area contributed by atoms with Crippen molar-refractivity contribution in [1.82, 2.24) is 0 Å². The van der Waals surface area contributed by atoms with Gasteiger partial charge in [-0.1, -0.05) is 0 Å². The Kier molecular flexibility index (Phi) is 1.71. The van der Waals surface area contributed by atoms with Crippen LogP contribution >= 0.6 is 0 Å². The number of hydrogen-bond donors (Lipinski definition) is 0. The molecule has 0 aliphatic rings. The third kappa shape index (κ3) is 1.49. The van der Waals surface area contributed by atoms with Crippen LogP contribution in [0.2, 0.25) is 0 Å². The molecule has 0 radical (unpaired) electrons. The van der Waals surface area contributed by atoms with E-state index in [2.05, 4.69) is 12.1 Å². The molecular formula is C6H6Mg. The summed E-state index contributed by atoms with van der Waals surface area (Å²) >= 11 is 1.90. The molecule has 0 N–H and O–H groups in total. The second-order valence-corrected chi connectivity index (χ2v) is 2.30. The fraction of sp³-hybridized carbons (Fsp3) is 0.